The molecule has 1 heterocycles. The largest absolute Gasteiger partial charge is 0.464 e. The van der Waals surface area contributed by atoms with Crippen molar-refractivity contribution in [3.8, 4) is 0 Å². The Bertz CT molecular complexity index is 969. The highest BCUT2D eigenvalue weighted by Gasteiger charge is 2.51. The summed E-state index contributed by atoms with van der Waals surface area (Å²) >= 11 is 0. The van der Waals surface area contributed by atoms with E-state index >= 15 is 0 Å². The van der Waals surface area contributed by atoms with Crippen molar-refractivity contribution in [3.63, 3.8) is 0 Å². The fraction of sp³-hybridized carbons (Fsp3) is 0.577. The van der Waals surface area contributed by atoms with Crippen molar-refractivity contribution < 1.29 is 38.2 Å². The predicted molar refractivity (Wildman–Crippen MR) is 136 cm³/mol. The number of benzene rings is 1. The number of nitrogens with one attached hydrogen (secondary N) is 4. The summed E-state index contributed by atoms with van der Waals surface area (Å²) in [6, 6.07) is 7.18. The quantitative estimate of drug-likeness (QED) is 0.167. The Morgan fingerprint density at radius 3 is 2.00 bits per heavy atom. The Morgan fingerprint density at radius 1 is 0.816 bits per heavy atom. The molecule has 12 nitrogen and oxygen atoms in total. The highest BCUT2D eigenvalue weighted by atomic mass is 16.6. The number of alkyl carbamates (subject to hydrolysis) is 1. The molecule has 0 bridgehead atoms. The first kappa shape index (κ1) is 30.6. The Balaban J connectivity index is 1.94. The summed E-state index contributed by atoms with van der Waals surface area (Å²) in [5, 5.41) is 5.25. The number of ether oxygens (including phenoxy) is 3. The van der Waals surface area contributed by atoms with Crippen LogP contribution in [0.4, 0.5) is 4.79 Å². The molecule has 1 fully saturated rings. The van der Waals surface area contributed by atoms with E-state index in [2.05, 4.69) is 21.5 Å². The van der Waals surface area contributed by atoms with E-state index in [1.807, 2.05) is 58.0 Å². The van der Waals surface area contributed by atoms with Crippen molar-refractivity contribution in [1.82, 2.24) is 21.5 Å². The third-order valence-electron chi connectivity index (χ3n) is 5.45. The monoisotopic (exact) mass is 534 g/mol. The fourth-order valence-corrected chi connectivity index (χ4v) is 3.58. The molecule has 0 aliphatic carbocycles. The summed E-state index contributed by atoms with van der Waals surface area (Å²) < 4.78 is 15.0. The number of carbonyl (C=O) groups is 5. The van der Waals surface area contributed by atoms with Crippen LogP contribution in [0, 0.1) is 11.8 Å². The maximum atomic E-state index is 13.1. The van der Waals surface area contributed by atoms with Gasteiger partial charge in [-0.25, -0.2) is 9.59 Å². The van der Waals surface area contributed by atoms with Gasteiger partial charge in [0.15, 0.2) is 12.2 Å². The Morgan fingerprint density at radius 2 is 1.42 bits per heavy atom. The second-order valence-corrected chi connectivity index (χ2v) is 9.79. The van der Waals surface area contributed by atoms with E-state index in [0.29, 0.717) is 6.42 Å². The first-order valence-electron chi connectivity index (χ1n) is 12.7. The molecule has 2 unspecified atom stereocenters. The summed E-state index contributed by atoms with van der Waals surface area (Å²) in [5.74, 6) is -2.52. The topological polar surface area (TPSA) is 164 Å². The summed E-state index contributed by atoms with van der Waals surface area (Å²) in [6.07, 6.45) is -2.25. The Labute approximate surface area is 222 Å². The van der Waals surface area contributed by atoms with Gasteiger partial charge in [0.25, 0.3) is 11.8 Å². The van der Waals surface area contributed by atoms with E-state index in [1.165, 1.54) is 0 Å². The molecule has 0 saturated carbocycles. The molecule has 210 valence electrons. The van der Waals surface area contributed by atoms with Crippen LogP contribution in [0.5, 0.6) is 0 Å². The van der Waals surface area contributed by atoms with Crippen LogP contribution in [0.2, 0.25) is 0 Å². The zero-order valence-electron chi connectivity index (χ0n) is 22.4. The van der Waals surface area contributed by atoms with Crippen LogP contribution in [0.15, 0.2) is 30.3 Å². The standard InChI is InChI=1S/C26H38N4O8/c1-6-36-25(34)21-20(38-21)24(33)30-29-23(32)19(13-16(4)5)27-22(31)18(12-15(2)3)28-26(35)37-14-17-10-8-7-9-11-17/h7-11,15-16,18-21H,6,12-14H2,1-5H3,(H,27,31)(H,28,35)(H,29,32)(H,30,33)/t18-,19-,20?,21?/m0/s1. The first-order chi connectivity index (χ1) is 18.0. The molecular formula is C26H38N4O8. The molecule has 0 aromatic heterocycles. The molecule has 0 spiro atoms. The SMILES string of the molecule is CCOC(=O)C1OC1C(=O)NNC(=O)[C@H](CC(C)C)NC(=O)[C@H](CC(C)C)NC(=O)OCc1ccccc1. The molecule has 2 rings (SSSR count). The highest BCUT2D eigenvalue weighted by molar-refractivity contribution is 5.95. The molecule has 4 amide bonds. The number of carbonyl (C=O) groups excluding carboxylic acids is 5. The average molecular weight is 535 g/mol. The van der Waals surface area contributed by atoms with Gasteiger partial charge in [0.2, 0.25) is 5.91 Å². The third-order valence-corrected chi connectivity index (χ3v) is 5.45. The minimum atomic E-state index is -1.06. The summed E-state index contributed by atoms with van der Waals surface area (Å²) in [7, 11) is 0. The predicted octanol–water partition coefficient (Wildman–Crippen LogP) is 1.34. The molecule has 1 aliphatic rings. The molecular weight excluding hydrogens is 496 g/mol. The van der Waals surface area contributed by atoms with Gasteiger partial charge < -0.3 is 24.8 Å². The van der Waals surface area contributed by atoms with Gasteiger partial charge in [0.1, 0.15) is 18.7 Å². The zero-order valence-corrected chi connectivity index (χ0v) is 22.4. The van der Waals surface area contributed by atoms with E-state index < -0.39 is 54.1 Å². The molecule has 1 aromatic carbocycles. The van der Waals surface area contributed by atoms with Crippen LogP contribution in [-0.2, 0) is 40.0 Å². The first-order valence-corrected chi connectivity index (χ1v) is 12.7. The van der Waals surface area contributed by atoms with Crippen LogP contribution < -0.4 is 21.5 Å². The number of hydrogen-bond acceptors (Lipinski definition) is 8. The molecule has 0 radical (unpaired) electrons. The summed E-state index contributed by atoms with van der Waals surface area (Å²) in [6.45, 7) is 9.37. The van der Waals surface area contributed by atoms with Crippen LogP contribution in [0.1, 0.15) is 53.0 Å². The van der Waals surface area contributed by atoms with Gasteiger partial charge in [0, 0.05) is 0 Å². The maximum Gasteiger partial charge on any atom is 0.408 e. The number of hydrogen-bond donors (Lipinski definition) is 4. The van der Waals surface area contributed by atoms with Gasteiger partial charge in [-0.15, -0.1) is 0 Å². The normalized spacial score (nSPS) is 17.7. The smallest absolute Gasteiger partial charge is 0.408 e. The van der Waals surface area contributed by atoms with Crippen LogP contribution in [0.3, 0.4) is 0 Å². The lowest BCUT2D eigenvalue weighted by Crippen LogP contribution is -2.57. The minimum absolute atomic E-state index is 0.0223. The van der Waals surface area contributed by atoms with Gasteiger partial charge >= 0.3 is 12.1 Å². The van der Waals surface area contributed by atoms with Gasteiger partial charge in [0.05, 0.1) is 6.61 Å². The zero-order chi connectivity index (χ0) is 28.2. The number of amides is 4. The van der Waals surface area contributed by atoms with E-state index in [-0.39, 0.29) is 31.5 Å². The third kappa shape index (κ3) is 10.4. The molecule has 1 aromatic rings. The van der Waals surface area contributed by atoms with Crippen LogP contribution in [-0.4, -0.2) is 60.7 Å². The molecule has 12 heteroatoms. The molecule has 4 atom stereocenters. The van der Waals surface area contributed by atoms with E-state index in [4.69, 9.17) is 14.2 Å². The minimum Gasteiger partial charge on any atom is -0.464 e. The average Bonchev–Trinajstić information content (AvgIpc) is 3.66. The number of epoxide rings is 1. The Hall–Kier alpha value is -3.67. The van der Waals surface area contributed by atoms with Gasteiger partial charge in [-0.05, 0) is 37.2 Å². The fourth-order valence-electron chi connectivity index (χ4n) is 3.58. The van der Waals surface area contributed by atoms with Crippen molar-refractivity contribution in [2.75, 3.05) is 6.61 Å². The second-order valence-electron chi connectivity index (χ2n) is 9.79. The Kier molecular flexibility index (Phi) is 12.0. The van der Waals surface area contributed by atoms with Crippen molar-refractivity contribution in [3.05, 3.63) is 35.9 Å². The number of hydrazine groups is 1. The van der Waals surface area contributed by atoms with Crippen LogP contribution >= 0.6 is 0 Å². The summed E-state index contributed by atoms with van der Waals surface area (Å²) in [5.41, 5.74) is 5.28. The number of esters is 1. The van der Waals surface area contributed by atoms with Gasteiger partial charge in [-0.1, -0.05) is 58.0 Å². The maximum absolute atomic E-state index is 13.1. The summed E-state index contributed by atoms with van der Waals surface area (Å²) in [4.78, 5) is 62.2. The van der Waals surface area contributed by atoms with Gasteiger partial charge in [-0.3, -0.25) is 25.2 Å². The lowest BCUT2D eigenvalue weighted by atomic mass is 10.0. The van der Waals surface area contributed by atoms with Gasteiger partial charge in [-0.2, -0.15) is 0 Å². The molecule has 38 heavy (non-hydrogen) atoms. The van der Waals surface area contributed by atoms with E-state index in [9.17, 15) is 24.0 Å². The lowest BCUT2D eigenvalue weighted by Gasteiger charge is -2.25. The molecule has 4 N–H and O–H groups in total. The van der Waals surface area contributed by atoms with E-state index in [0.717, 1.165) is 5.56 Å². The highest BCUT2D eigenvalue weighted by Crippen LogP contribution is 2.23. The lowest BCUT2D eigenvalue weighted by molar-refractivity contribution is -0.144. The van der Waals surface area contributed by atoms with Crippen molar-refractivity contribution in [2.24, 2.45) is 11.8 Å². The molecule has 1 aliphatic heterocycles. The van der Waals surface area contributed by atoms with Crippen molar-refractivity contribution in [1.29, 1.82) is 0 Å². The molecule has 1 saturated heterocycles. The number of rotatable bonds is 13. The van der Waals surface area contributed by atoms with Crippen molar-refractivity contribution >= 4 is 29.8 Å². The second kappa shape index (κ2) is 14.9. The van der Waals surface area contributed by atoms with Crippen molar-refractivity contribution in [2.45, 2.75) is 78.4 Å². The van der Waals surface area contributed by atoms with Crippen LogP contribution in [0.25, 0.3) is 0 Å². The van der Waals surface area contributed by atoms with E-state index in [1.54, 1.807) is 6.92 Å².